The Labute approximate surface area is 142 Å². The molecule has 3 rings (SSSR count). The van der Waals surface area contributed by atoms with E-state index < -0.39 is 6.10 Å². The van der Waals surface area contributed by atoms with Crippen LogP contribution in [0.4, 0.5) is 4.79 Å². The summed E-state index contributed by atoms with van der Waals surface area (Å²) >= 11 is 0. The highest BCUT2D eigenvalue weighted by molar-refractivity contribution is 5.74. The Hall–Kier alpha value is -2.33. The lowest BCUT2D eigenvalue weighted by molar-refractivity contribution is 0.166. The van der Waals surface area contributed by atoms with Gasteiger partial charge in [0.1, 0.15) is 0 Å². The summed E-state index contributed by atoms with van der Waals surface area (Å²) < 4.78 is 0. The first-order chi connectivity index (χ1) is 11.7. The first kappa shape index (κ1) is 16.5. The van der Waals surface area contributed by atoms with Crippen LogP contribution >= 0.6 is 0 Å². The summed E-state index contributed by atoms with van der Waals surface area (Å²) in [6.07, 6.45) is 2.26. The molecule has 2 aromatic carbocycles. The molecule has 126 valence electrons. The van der Waals surface area contributed by atoms with Gasteiger partial charge in [-0.15, -0.1) is 0 Å². The van der Waals surface area contributed by atoms with Crippen molar-refractivity contribution in [1.82, 2.24) is 10.6 Å². The molecule has 2 unspecified atom stereocenters. The fourth-order valence-corrected chi connectivity index (χ4v) is 2.92. The lowest BCUT2D eigenvalue weighted by Crippen LogP contribution is -2.39. The second-order valence-corrected chi connectivity index (χ2v) is 6.34. The number of hydrogen-bond acceptors (Lipinski definition) is 2. The van der Waals surface area contributed by atoms with Gasteiger partial charge in [0.2, 0.25) is 0 Å². The topological polar surface area (TPSA) is 61.4 Å². The van der Waals surface area contributed by atoms with Gasteiger partial charge >= 0.3 is 6.03 Å². The highest BCUT2D eigenvalue weighted by Crippen LogP contribution is 2.40. The average Bonchev–Trinajstić information content (AvgIpc) is 3.46. The summed E-state index contributed by atoms with van der Waals surface area (Å²) in [7, 11) is 0. The van der Waals surface area contributed by atoms with E-state index in [2.05, 4.69) is 22.8 Å². The molecule has 0 bridgehead atoms. The normalized spacial score (nSPS) is 16.2. The smallest absolute Gasteiger partial charge is 0.315 e. The third kappa shape index (κ3) is 4.59. The number of rotatable bonds is 7. The Kier molecular flexibility index (Phi) is 5.49. The molecule has 1 aliphatic carbocycles. The van der Waals surface area contributed by atoms with Crippen molar-refractivity contribution in [3.63, 3.8) is 0 Å². The fraction of sp³-hybridized carbons (Fsp3) is 0.350. The van der Waals surface area contributed by atoms with Gasteiger partial charge in [0, 0.05) is 6.54 Å². The molecule has 0 aromatic heterocycles. The van der Waals surface area contributed by atoms with Crippen LogP contribution in [0.5, 0.6) is 0 Å². The molecule has 4 heteroatoms. The Morgan fingerprint density at radius 1 is 1.00 bits per heavy atom. The van der Waals surface area contributed by atoms with Gasteiger partial charge in [-0.3, -0.25) is 0 Å². The maximum atomic E-state index is 12.2. The molecular formula is C20H24N2O2. The minimum absolute atomic E-state index is 0.0743. The molecule has 1 fully saturated rings. The first-order valence-corrected chi connectivity index (χ1v) is 8.56. The van der Waals surface area contributed by atoms with Crippen molar-refractivity contribution < 1.29 is 9.90 Å². The molecule has 24 heavy (non-hydrogen) atoms. The standard InChI is InChI=1S/C20H24N2O2/c23-18(15-7-3-1-4-8-15)13-14-21-20(24)22-19(17-11-12-17)16-9-5-2-6-10-16/h1-10,17-19,23H,11-14H2,(H2,21,22,24). The Morgan fingerprint density at radius 3 is 2.17 bits per heavy atom. The molecule has 1 saturated carbocycles. The Bertz CT molecular complexity index is 641. The third-order valence-corrected chi connectivity index (χ3v) is 4.43. The lowest BCUT2D eigenvalue weighted by atomic mass is 10.0. The molecule has 2 aromatic rings. The van der Waals surface area contributed by atoms with Crippen molar-refractivity contribution >= 4 is 6.03 Å². The summed E-state index contributed by atoms with van der Waals surface area (Å²) in [5.41, 5.74) is 2.03. The van der Waals surface area contributed by atoms with Gasteiger partial charge in [0.05, 0.1) is 12.1 Å². The fourth-order valence-electron chi connectivity index (χ4n) is 2.92. The SMILES string of the molecule is O=C(NCCC(O)c1ccccc1)NC(c1ccccc1)C1CC1. The van der Waals surface area contributed by atoms with Crippen molar-refractivity contribution in [2.24, 2.45) is 5.92 Å². The van der Waals surface area contributed by atoms with Gasteiger partial charge in [-0.1, -0.05) is 60.7 Å². The summed E-state index contributed by atoms with van der Waals surface area (Å²) in [4.78, 5) is 12.2. The number of hydrogen-bond donors (Lipinski definition) is 3. The van der Waals surface area contributed by atoms with Gasteiger partial charge in [-0.25, -0.2) is 4.79 Å². The second kappa shape index (κ2) is 7.97. The third-order valence-electron chi connectivity index (χ3n) is 4.43. The van der Waals surface area contributed by atoms with Crippen LogP contribution in [0.3, 0.4) is 0 Å². The minimum atomic E-state index is -0.556. The van der Waals surface area contributed by atoms with E-state index in [-0.39, 0.29) is 12.1 Å². The summed E-state index contributed by atoms with van der Waals surface area (Å²) in [5, 5.41) is 16.1. The molecule has 0 aliphatic heterocycles. The van der Waals surface area contributed by atoms with Gasteiger partial charge in [0.25, 0.3) is 0 Å². The number of amides is 2. The molecular weight excluding hydrogens is 300 g/mol. The van der Waals surface area contributed by atoms with Crippen molar-refractivity contribution in [3.05, 3.63) is 71.8 Å². The maximum Gasteiger partial charge on any atom is 0.315 e. The van der Waals surface area contributed by atoms with E-state index in [0.29, 0.717) is 18.9 Å². The van der Waals surface area contributed by atoms with Crippen LogP contribution in [-0.2, 0) is 0 Å². The molecule has 0 saturated heterocycles. The first-order valence-electron chi connectivity index (χ1n) is 8.56. The van der Waals surface area contributed by atoms with E-state index in [9.17, 15) is 9.90 Å². The van der Waals surface area contributed by atoms with E-state index >= 15 is 0 Å². The van der Waals surface area contributed by atoms with Gasteiger partial charge in [-0.2, -0.15) is 0 Å². The monoisotopic (exact) mass is 324 g/mol. The van der Waals surface area contributed by atoms with Crippen LogP contribution in [0.1, 0.15) is 42.5 Å². The molecule has 2 atom stereocenters. The van der Waals surface area contributed by atoms with Gasteiger partial charge in [-0.05, 0) is 36.3 Å². The van der Waals surface area contributed by atoms with Crippen molar-refractivity contribution in [2.45, 2.75) is 31.4 Å². The van der Waals surface area contributed by atoms with Crippen LogP contribution in [0, 0.1) is 5.92 Å². The number of carbonyl (C=O) groups excluding carboxylic acids is 1. The molecule has 0 heterocycles. The van der Waals surface area contributed by atoms with Crippen molar-refractivity contribution in [3.8, 4) is 0 Å². The minimum Gasteiger partial charge on any atom is -0.388 e. The van der Waals surface area contributed by atoms with Crippen LogP contribution in [0.2, 0.25) is 0 Å². The predicted molar refractivity (Wildman–Crippen MR) is 94.5 cm³/mol. The molecule has 2 amide bonds. The number of nitrogens with one attached hydrogen (secondary N) is 2. The van der Waals surface area contributed by atoms with Crippen molar-refractivity contribution in [2.75, 3.05) is 6.54 Å². The number of aliphatic hydroxyl groups is 1. The van der Waals surface area contributed by atoms with Crippen LogP contribution in [0.15, 0.2) is 60.7 Å². The van der Waals surface area contributed by atoms with Crippen molar-refractivity contribution in [1.29, 1.82) is 0 Å². The van der Waals surface area contributed by atoms with Crippen LogP contribution in [0.25, 0.3) is 0 Å². The highest BCUT2D eigenvalue weighted by Gasteiger charge is 2.33. The Balaban J connectivity index is 1.46. The van der Waals surface area contributed by atoms with Gasteiger partial charge < -0.3 is 15.7 Å². The summed E-state index contributed by atoms with van der Waals surface area (Å²) in [6, 6.07) is 19.5. The molecule has 0 spiro atoms. The largest absolute Gasteiger partial charge is 0.388 e. The molecule has 4 nitrogen and oxygen atoms in total. The quantitative estimate of drug-likeness (QED) is 0.729. The number of benzene rings is 2. The Morgan fingerprint density at radius 2 is 1.58 bits per heavy atom. The summed E-state index contributed by atoms with van der Waals surface area (Å²) in [6.45, 7) is 0.439. The lowest BCUT2D eigenvalue weighted by Gasteiger charge is -2.19. The zero-order chi connectivity index (χ0) is 16.8. The highest BCUT2D eigenvalue weighted by atomic mass is 16.3. The van der Waals surface area contributed by atoms with Crippen LogP contribution < -0.4 is 10.6 Å². The van der Waals surface area contributed by atoms with E-state index in [1.165, 1.54) is 0 Å². The van der Waals surface area contributed by atoms with E-state index in [1.807, 2.05) is 48.5 Å². The molecule has 1 aliphatic rings. The predicted octanol–water partition coefficient (Wildman–Crippen LogP) is 3.56. The number of urea groups is 1. The maximum absolute atomic E-state index is 12.2. The number of aliphatic hydroxyl groups excluding tert-OH is 1. The molecule has 3 N–H and O–H groups in total. The zero-order valence-corrected chi connectivity index (χ0v) is 13.7. The van der Waals surface area contributed by atoms with E-state index in [0.717, 1.165) is 24.0 Å². The van der Waals surface area contributed by atoms with E-state index in [4.69, 9.17) is 0 Å². The van der Waals surface area contributed by atoms with E-state index in [1.54, 1.807) is 0 Å². The zero-order valence-electron chi connectivity index (χ0n) is 13.7. The summed E-state index contributed by atoms with van der Waals surface area (Å²) in [5.74, 6) is 0.535. The van der Waals surface area contributed by atoms with Crippen LogP contribution in [-0.4, -0.2) is 17.7 Å². The van der Waals surface area contributed by atoms with Gasteiger partial charge in [0.15, 0.2) is 0 Å². The average molecular weight is 324 g/mol. The second-order valence-electron chi connectivity index (χ2n) is 6.34. The molecule has 0 radical (unpaired) electrons. The number of carbonyl (C=O) groups is 1.